The van der Waals surface area contributed by atoms with Gasteiger partial charge < -0.3 is 16.3 Å². The van der Waals surface area contributed by atoms with Gasteiger partial charge in [0, 0.05) is 28.0 Å². The molecule has 7 heteroatoms. The Balaban J connectivity index is 2.35. The highest BCUT2D eigenvalue weighted by Crippen LogP contribution is 2.21. The fourth-order valence-electron chi connectivity index (χ4n) is 1.78. The number of amides is 1. The van der Waals surface area contributed by atoms with E-state index in [0.717, 1.165) is 5.69 Å². The summed E-state index contributed by atoms with van der Waals surface area (Å²) >= 11 is 5.91. The average Bonchev–Trinajstić information content (AvgIpc) is 2.46. The molecule has 2 aromatic rings. The number of anilines is 1. The third-order valence-corrected chi connectivity index (χ3v) is 3.01. The highest BCUT2D eigenvalue weighted by molar-refractivity contribution is 6.31. The van der Waals surface area contributed by atoms with Crippen molar-refractivity contribution in [2.75, 3.05) is 5.32 Å². The summed E-state index contributed by atoms with van der Waals surface area (Å²) in [6.45, 7) is 1.79. The molecule has 0 aliphatic heterocycles. The Morgan fingerprint density at radius 3 is 2.81 bits per heavy atom. The number of carbonyl (C=O) groups is 1. The monoisotopic (exact) mass is 304 g/mol. The van der Waals surface area contributed by atoms with E-state index in [-0.39, 0.29) is 11.7 Å². The molecule has 1 amide bonds. The summed E-state index contributed by atoms with van der Waals surface area (Å²) in [5, 5.41) is 14.8. The summed E-state index contributed by atoms with van der Waals surface area (Å²) in [7, 11) is 0. The number of aromatic nitrogens is 1. The summed E-state index contributed by atoms with van der Waals surface area (Å²) in [5.74, 6) is -0.456. The van der Waals surface area contributed by atoms with Crippen LogP contribution < -0.4 is 11.1 Å². The van der Waals surface area contributed by atoms with Crippen molar-refractivity contribution in [2.45, 2.75) is 6.92 Å². The van der Waals surface area contributed by atoms with E-state index in [1.165, 1.54) is 6.07 Å². The lowest BCUT2D eigenvalue weighted by Crippen LogP contribution is -2.19. The van der Waals surface area contributed by atoms with Gasteiger partial charge in [-0.05, 0) is 37.3 Å². The zero-order valence-electron chi connectivity index (χ0n) is 11.2. The lowest BCUT2D eigenvalue weighted by molar-refractivity contribution is 0.102. The number of aryl methyl sites for hydroxylation is 1. The molecule has 4 N–H and O–H groups in total. The maximum absolute atomic E-state index is 12.2. The van der Waals surface area contributed by atoms with E-state index < -0.39 is 0 Å². The van der Waals surface area contributed by atoms with Gasteiger partial charge in [0.05, 0.1) is 5.69 Å². The molecule has 21 heavy (non-hydrogen) atoms. The summed E-state index contributed by atoms with van der Waals surface area (Å²) in [4.78, 5) is 16.2. The fraction of sp³-hybridized carbons (Fsp3) is 0.0714. The van der Waals surface area contributed by atoms with Gasteiger partial charge in [0.25, 0.3) is 5.91 Å². The molecule has 0 bridgehead atoms. The zero-order valence-corrected chi connectivity index (χ0v) is 11.9. The van der Waals surface area contributed by atoms with Crippen molar-refractivity contribution in [3.05, 3.63) is 58.4 Å². The molecule has 1 heterocycles. The molecular formula is C14H13ClN4O2. The maximum Gasteiger partial charge on any atom is 0.255 e. The van der Waals surface area contributed by atoms with E-state index in [2.05, 4.69) is 15.5 Å². The lowest BCUT2D eigenvalue weighted by Gasteiger charge is -2.11. The van der Waals surface area contributed by atoms with Crippen molar-refractivity contribution in [1.82, 2.24) is 4.98 Å². The van der Waals surface area contributed by atoms with Crippen LogP contribution in [-0.2, 0) is 0 Å². The quantitative estimate of drug-likeness (QED) is 0.351. The summed E-state index contributed by atoms with van der Waals surface area (Å²) in [5.41, 5.74) is 7.49. The standard InChI is InChI=1S/C14H13ClN4O2/c1-8-6-9(4-5-17-8)14(20)18-12-7-10(15)2-3-11(12)13(16)19-21/h2-7,21H,1H3,(H2,16,19)(H,18,20). The van der Waals surface area contributed by atoms with E-state index in [1.807, 2.05) is 0 Å². The zero-order chi connectivity index (χ0) is 15.4. The minimum absolute atomic E-state index is 0.118. The topological polar surface area (TPSA) is 101 Å². The number of benzene rings is 1. The third-order valence-electron chi connectivity index (χ3n) is 2.77. The normalized spacial score (nSPS) is 11.2. The first kappa shape index (κ1) is 14.8. The Labute approximate surface area is 126 Å². The van der Waals surface area contributed by atoms with Crippen LogP contribution in [0.1, 0.15) is 21.6 Å². The molecule has 1 aromatic carbocycles. The second-order valence-electron chi connectivity index (χ2n) is 4.32. The van der Waals surface area contributed by atoms with Crippen LogP contribution in [-0.4, -0.2) is 21.9 Å². The Bertz CT molecular complexity index is 716. The fourth-order valence-corrected chi connectivity index (χ4v) is 1.95. The summed E-state index contributed by atoms with van der Waals surface area (Å²) in [6.07, 6.45) is 1.55. The van der Waals surface area contributed by atoms with Crippen LogP contribution in [0.3, 0.4) is 0 Å². The smallest absolute Gasteiger partial charge is 0.255 e. The summed E-state index contributed by atoms with van der Waals surface area (Å²) < 4.78 is 0. The molecule has 0 fully saturated rings. The van der Waals surface area contributed by atoms with Crippen molar-refractivity contribution < 1.29 is 10.0 Å². The lowest BCUT2D eigenvalue weighted by atomic mass is 10.1. The van der Waals surface area contributed by atoms with Gasteiger partial charge in [-0.2, -0.15) is 0 Å². The van der Waals surface area contributed by atoms with Crippen LogP contribution in [0.5, 0.6) is 0 Å². The first-order chi connectivity index (χ1) is 10.0. The maximum atomic E-state index is 12.2. The van der Waals surface area contributed by atoms with Gasteiger partial charge in [-0.3, -0.25) is 9.78 Å². The van der Waals surface area contributed by atoms with E-state index in [0.29, 0.717) is 21.8 Å². The summed E-state index contributed by atoms with van der Waals surface area (Å²) in [6, 6.07) is 7.92. The van der Waals surface area contributed by atoms with E-state index in [1.54, 1.807) is 37.4 Å². The van der Waals surface area contributed by atoms with E-state index >= 15 is 0 Å². The van der Waals surface area contributed by atoms with Gasteiger partial charge in [0.2, 0.25) is 0 Å². The molecule has 2 rings (SSSR count). The predicted molar refractivity (Wildman–Crippen MR) is 80.9 cm³/mol. The highest BCUT2D eigenvalue weighted by Gasteiger charge is 2.12. The van der Waals surface area contributed by atoms with Crippen LogP contribution >= 0.6 is 11.6 Å². The number of carbonyl (C=O) groups excluding carboxylic acids is 1. The first-order valence-corrected chi connectivity index (χ1v) is 6.40. The Hall–Kier alpha value is -2.60. The molecule has 0 aliphatic carbocycles. The van der Waals surface area contributed by atoms with Gasteiger partial charge in [-0.15, -0.1) is 0 Å². The Kier molecular flexibility index (Phi) is 4.39. The van der Waals surface area contributed by atoms with Crippen LogP contribution in [0.2, 0.25) is 5.02 Å². The first-order valence-electron chi connectivity index (χ1n) is 6.02. The predicted octanol–water partition coefficient (Wildman–Crippen LogP) is 2.39. The molecule has 1 aromatic heterocycles. The molecule has 0 atom stereocenters. The van der Waals surface area contributed by atoms with Crippen molar-refractivity contribution >= 4 is 29.0 Å². The van der Waals surface area contributed by atoms with Gasteiger partial charge >= 0.3 is 0 Å². The van der Waals surface area contributed by atoms with Crippen molar-refractivity contribution in [1.29, 1.82) is 0 Å². The molecule has 0 saturated heterocycles. The second-order valence-corrected chi connectivity index (χ2v) is 4.75. The number of halogens is 1. The third kappa shape index (κ3) is 3.49. The van der Waals surface area contributed by atoms with Gasteiger partial charge in [0.1, 0.15) is 0 Å². The number of rotatable bonds is 3. The SMILES string of the molecule is Cc1cc(C(=O)Nc2cc(Cl)ccc2/C(N)=N/O)ccn1. The van der Waals surface area contributed by atoms with E-state index in [4.69, 9.17) is 22.5 Å². The molecule has 6 nitrogen and oxygen atoms in total. The Morgan fingerprint density at radius 1 is 1.38 bits per heavy atom. The van der Waals surface area contributed by atoms with Crippen molar-refractivity contribution in [2.24, 2.45) is 10.9 Å². The average molecular weight is 305 g/mol. The van der Waals surface area contributed by atoms with Crippen LogP contribution in [0.4, 0.5) is 5.69 Å². The molecule has 0 unspecified atom stereocenters. The van der Waals surface area contributed by atoms with E-state index in [9.17, 15) is 4.79 Å². The number of nitrogens with one attached hydrogen (secondary N) is 1. The van der Waals surface area contributed by atoms with Crippen LogP contribution in [0.25, 0.3) is 0 Å². The molecule has 0 radical (unpaired) electrons. The number of pyridine rings is 1. The number of nitrogens with two attached hydrogens (primary N) is 1. The molecule has 0 aliphatic rings. The second kappa shape index (κ2) is 6.23. The number of amidine groups is 1. The van der Waals surface area contributed by atoms with Gasteiger partial charge in [-0.25, -0.2) is 0 Å². The largest absolute Gasteiger partial charge is 0.409 e. The number of oxime groups is 1. The highest BCUT2D eigenvalue weighted by atomic mass is 35.5. The van der Waals surface area contributed by atoms with Gasteiger partial charge in [-0.1, -0.05) is 16.8 Å². The minimum Gasteiger partial charge on any atom is -0.409 e. The number of hydrogen-bond acceptors (Lipinski definition) is 4. The number of nitrogens with zero attached hydrogens (tertiary/aromatic N) is 2. The molecule has 0 spiro atoms. The van der Waals surface area contributed by atoms with Crippen LogP contribution in [0, 0.1) is 6.92 Å². The molecule has 0 saturated carbocycles. The minimum atomic E-state index is -0.338. The van der Waals surface area contributed by atoms with Crippen LogP contribution in [0.15, 0.2) is 41.7 Å². The van der Waals surface area contributed by atoms with Crippen molar-refractivity contribution in [3.8, 4) is 0 Å². The Morgan fingerprint density at radius 2 is 2.14 bits per heavy atom. The molecule has 108 valence electrons. The molecular weight excluding hydrogens is 292 g/mol. The van der Waals surface area contributed by atoms with Gasteiger partial charge in [0.15, 0.2) is 5.84 Å². The van der Waals surface area contributed by atoms with Crippen molar-refractivity contribution in [3.63, 3.8) is 0 Å². The number of hydrogen-bond donors (Lipinski definition) is 3.